The van der Waals surface area contributed by atoms with Crippen LogP contribution in [-0.4, -0.2) is 37.1 Å². The van der Waals surface area contributed by atoms with Gasteiger partial charge in [0.25, 0.3) is 0 Å². The molecule has 0 saturated carbocycles. The van der Waals surface area contributed by atoms with Crippen LogP contribution in [0.5, 0.6) is 0 Å². The molecule has 1 aromatic carbocycles. The fourth-order valence-electron chi connectivity index (χ4n) is 2.29. The SMILES string of the molecule is ClCCN(Cc1ccccc1)CC1CCOC1. The third kappa shape index (κ3) is 4.30. The van der Waals surface area contributed by atoms with E-state index in [9.17, 15) is 0 Å². The Hall–Kier alpha value is -0.570. The summed E-state index contributed by atoms with van der Waals surface area (Å²) in [6.45, 7) is 4.87. The van der Waals surface area contributed by atoms with Crippen LogP contribution >= 0.6 is 11.6 Å². The summed E-state index contributed by atoms with van der Waals surface area (Å²) >= 11 is 5.88. The standard InChI is InChI=1S/C14H20ClNO/c15-7-8-16(11-14-6-9-17-12-14)10-13-4-2-1-3-5-13/h1-5,14H,6-12H2. The Balaban J connectivity index is 1.87. The smallest absolute Gasteiger partial charge is 0.0507 e. The number of benzene rings is 1. The number of rotatable bonds is 6. The van der Waals surface area contributed by atoms with Gasteiger partial charge in [-0.1, -0.05) is 30.3 Å². The van der Waals surface area contributed by atoms with E-state index < -0.39 is 0 Å². The van der Waals surface area contributed by atoms with Crippen molar-refractivity contribution in [1.82, 2.24) is 4.90 Å². The largest absolute Gasteiger partial charge is 0.381 e. The number of halogens is 1. The Morgan fingerprint density at radius 1 is 1.29 bits per heavy atom. The minimum Gasteiger partial charge on any atom is -0.381 e. The van der Waals surface area contributed by atoms with Gasteiger partial charge < -0.3 is 4.74 Å². The van der Waals surface area contributed by atoms with Gasteiger partial charge in [-0.15, -0.1) is 11.6 Å². The molecule has 0 bridgehead atoms. The predicted octanol–water partition coefficient (Wildman–Crippen LogP) is 2.76. The molecule has 2 nitrogen and oxygen atoms in total. The second-order valence-corrected chi connectivity index (χ2v) is 5.02. The first-order valence-electron chi connectivity index (χ1n) is 6.28. The van der Waals surface area contributed by atoms with Crippen molar-refractivity contribution in [2.75, 3.05) is 32.2 Å². The van der Waals surface area contributed by atoms with Crippen LogP contribution in [0.3, 0.4) is 0 Å². The van der Waals surface area contributed by atoms with Crippen molar-refractivity contribution in [3.05, 3.63) is 35.9 Å². The molecule has 0 spiro atoms. The quantitative estimate of drug-likeness (QED) is 0.723. The lowest BCUT2D eigenvalue weighted by molar-refractivity contribution is 0.167. The third-order valence-corrected chi connectivity index (χ3v) is 3.36. The molecule has 1 aliphatic heterocycles. The number of alkyl halides is 1. The monoisotopic (exact) mass is 253 g/mol. The van der Waals surface area contributed by atoms with Gasteiger partial charge in [-0.25, -0.2) is 0 Å². The van der Waals surface area contributed by atoms with Crippen molar-refractivity contribution in [2.24, 2.45) is 5.92 Å². The van der Waals surface area contributed by atoms with Gasteiger partial charge in [0.15, 0.2) is 0 Å². The van der Waals surface area contributed by atoms with Crippen LogP contribution < -0.4 is 0 Å². The van der Waals surface area contributed by atoms with Crippen molar-refractivity contribution in [1.29, 1.82) is 0 Å². The maximum absolute atomic E-state index is 5.88. The van der Waals surface area contributed by atoms with Gasteiger partial charge in [-0.05, 0) is 17.9 Å². The van der Waals surface area contributed by atoms with E-state index in [2.05, 4.69) is 35.2 Å². The molecule has 1 atom stereocenters. The van der Waals surface area contributed by atoms with E-state index in [1.165, 1.54) is 12.0 Å². The molecular weight excluding hydrogens is 234 g/mol. The minimum atomic E-state index is 0.682. The van der Waals surface area contributed by atoms with Gasteiger partial charge in [-0.2, -0.15) is 0 Å². The number of hydrogen-bond acceptors (Lipinski definition) is 2. The first-order valence-corrected chi connectivity index (χ1v) is 6.82. The number of hydrogen-bond donors (Lipinski definition) is 0. The van der Waals surface area contributed by atoms with Crippen molar-refractivity contribution < 1.29 is 4.74 Å². The van der Waals surface area contributed by atoms with Crippen LogP contribution in [-0.2, 0) is 11.3 Å². The van der Waals surface area contributed by atoms with Crippen LogP contribution in [0, 0.1) is 5.92 Å². The molecule has 1 fully saturated rings. The van der Waals surface area contributed by atoms with Crippen LogP contribution in [0.15, 0.2) is 30.3 Å². The fraction of sp³-hybridized carbons (Fsp3) is 0.571. The van der Waals surface area contributed by atoms with Gasteiger partial charge in [0.2, 0.25) is 0 Å². The topological polar surface area (TPSA) is 12.5 Å². The van der Waals surface area contributed by atoms with Gasteiger partial charge in [0.05, 0.1) is 6.61 Å². The maximum atomic E-state index is 5.88. The zero-order valence-electron chi connectivity index (χ0n) is 10.1. The Kier molecular flexibility index (Phi) is 5.30. The van der Waals surface area contributed by atoms with Gasteiger partial charge in [-0.3, -0.25) is 4.90 Å². The molecule has 17 heavy (non-hydrogen) atoms. The molecule has 0 radical (unpaired) electrons. The molecule has 94 valence electrons. The summed E-state index contributed by atoms with van der Waals surface area (Å²) in [6, 6.07) is 10.6. The highest BCUT2D eigenvalue weighted by Crippen LogP contribution is 2.15. The minimum absolute atomic E-state index is 0.682. The molecule has 1 aromatic rings. The average Bonchev–Trinajstić information content (AvgIpc) is 2.83. The zero-order chi connectivity index (χ0) is 11.9. The highest BCUT2D eigenvalue weighted by atomic mass is 35.5. The molecule has 1 aliphatic rings. The van der Waals surface area contributed by atoms with E-state index in [1.54, 1.807) is 0 Å². The zero-order valence-corrected chi connectivity index (χ0v) is 10.9. The highest BCUT2D eigenvalue weighted by Gasteiger charge is 2.18. The van der Waals surface area contributed by atoms with Crippen LogP contribution in [0.2, 0.25) is 0 Å². The van der Waals surface area contributed by atoms with Crippen molar-refractivity contribution in [3.63, 3.8) is 0 Å². The molecule has 3 heteroatoms. The first kappa shape index (κ1) is 12.9. The summed E-state index contributed by atoms with van der Waals surface area (Å²) in [5.41, 5.74) is 1.36. The lowest BCUT2D eigenvalue weighted by Crippen LogP contribution is -2.31. The molecule has 0 amide bonds. The lowest BCUT2D eigenvalue weighted by atomic mass is 10.1. The Labute approximate surface area is 109 Å². The van der Waals surface area contributed by atoms with Gasteiger partial charge in [0, 0.05) is 32.1 Å². The summed E-state index contributed by atoms with van der Waals surface area (Å²) in [7, 11) is 0. The molecule has 1 saturated heterocycles. The van der Waals surface area contributed by atoms with E-state index in [1.807, 2.05) is 0 Å². The van der Waals surface area contributed by atoms with E-state index in [-0.39, 0.29) is 0 Å². The number of ether oxygens (including phenoxy) is 1. The van der Waals surface area contributed by atoms with Crippen molar-refractivity contribution >= 4 is 11.6 Å². The summed E-state index contributed by atoms with van der Waals surface area (Å²) in [6.07, 6.45) is 1.19. The molecule has 1 unspecified atom stereocenters. The lowest BCUT2D eigenvalue weighted by Gasteiger charge is -2.24. The Morgan fingerprint density at radius 2 is 2.12 bits per heavy atom. The van der Waals surface area contributed by atoms with Crippen molar-refractivity contribution in [3.8, 4) is 0 Å². The molecule has 2 rings (SSSR count). The molecule has 0 N–H and O–H groups in total. The second kappa shape index (κ2) is 7.00. The average molecular weight is 254 g/mol. The predicted molar refractivity (Wildman–Crippen MR) is 71.4 cm³/mol. The first-order chi connectivity index (χ1) is 8.38. The van der Waals surface area contributed by atoms with Crippen LogP contribution in [0.25, 0.3) is 0 Å². The second-order valence-electron chi connectivity index (χ2n) is 4.64. The van der Waals surface area contributed by atoms with E-state index in [0.29, 0.717) is 11.8 Å². The summed E-state index contributed by atoms with van der Waals surface area (Å²) in [5, 5.41) is 0. The van der Waals surface area contributed by atoms with E-state index in [4.69, 9.17) is 16.3 Å². The summed E-state index contributed by atoms with van der Waals surface area (Å²) < 4.78 is 5.43. The van der Waals surface area contributed by atoms with E-state index in [0.717, 1.165) is 32.8 Å². The van der Waals surface area contributed by atoms with Gasteiger partial charge in [0.1, 0.15) is 0 Å². The Bertz CT molecular complexity index is 311. The van der Waals surface area contributed by atoms with Gasteiger partial charge >= 0.3 is 0 Å². The van der Waals surface area contributed by atoms with Crippen LogP contribution in [0.1, 0.15) is 12.0 Å². The van der Waals surface area contributed by atoms with Crippen molar-refractivity contribution in [2.45, 2.75) is 13.0 Å². The fourth-order valence-corrected chi connectivity index (χ4v) is 2.53. The molecule has 0 aliphatic carbocycles. The Morgan fingerprint density at radius 3 is 2.76 bits per heavy atom. The highest BCUT2D eigenvalue weighted by molar-refractivity contribution is 6.18. The summed E-state index contributed by atoms with van der Waals surface area (Å²) in [5.74, 6) is 1.38. The van der Waals surface area contributed by atoms with Crippen LogP contribution in [0.4, 0.5) is 0 Å². The molecule has 1 heterocycles. The number of nitrogens with zero attached hydrogens (tertiary/aromatic N) is 1. The molecule has 0 aromatic heterocycles. The summed E-state index contributed by atoms with van der Waals surface area (Å²) in [4.78, 5) is 2.43. The normalized spacial score (nSPS) is 20.0. The molecular formula is C14H20ClNO. The third-order valence-electron chi connectivity index (χ3n) is 3.19. The van der Waals surface area contributed by atoms with E-state index >= 15 is 0 Å². The maximum Gasteiger partial charge on any atom is 0.0507 e.